The molecule has 1 saturated heterocycles. The van der Waals surface area contributed by atoms with Crippen LogP contribution in [0, 0.1) is 11.3 Å². The third kappa shape index (κ3) is 5.56. The monoisotopic (exact) mass is 616 g/mol. The van der Waals surface area contributed by atoms with Crippen LogP contribution in [0.1, 0.15) is 22.3 Å². The molecule has 0 bridgehead atoms. The van der Waals surface area contributed by atoms with E-state index in [1.165, 1.54) is 4.90 Å². The number of thioether (sulfide) groups is 1. The van der Waals surface area contributed by atoms with Crippen LogP contribution < -0.4 is 4.74 Å². The Morgan fingerprint density at radius 1 is 1.06 bits per heavy atom. The molecule has 0 saturated carbocycles. The van der Waals surface area contributed by atoms with Crippen LogP contribution in [0.3, 0.4) is 0 Å². The largest absolute Gasteiger partial charge is 0.486 e. The van der Waals surface area contributed by atoms with Crippen molar-refractivity contribution in [3.8, 4) is 11.8 Å². The van der Waals surface area contributed by atoms with Crippen LogP contribution in [0.15, 0.2) is 74.5 Å². The van der Waals surface area contributed by atoms with Crippen molar-refractivity contribution in [2.75, 3.05) is 0 Å². The quantitative estimate of drug-likeness (QED) is 0.267. The van der Waals surface area contributed by atoms with Gasteiger partial charge in [-0.1, -0.05) is 41.9 Å². The Morgan fingerprint density at radius 2 is 1.74 bits per heavy atom. The Labute approximate surface area is 222 Å². The molecule has 170 valence electrons. The highest BCUT2D eigenvalue weighted by molar-refractivity contribution is 9.11. The molecule has 1 aliphatic heterocycles. The van der Waals surface area contributed by atoms with Crippen molar-refractivity contribution in [2.45, 2.75) is 13.2 Å². The Morgan fingerprint density at radius 3 is 2.41 bits per heavy atom. The number of nitrogens with zero attached hydrogens (tertiary/aromatic N) is 2. The number of hydrogen-bond donors (Lipinski definition) is 0. The minimum Gasteiger partial charge on any atom is -0.486 e. The summed E-state index contributed by atoms with van der Waals surface area (Å²) in [5, 5.41) is 9.53. The maximum absolute atomic E-state index is 12.9. The number of carbonyl (C=O) groups is 2. The van der Waals surface area contributed by atoms with E-state index in [1.807, 2.05) is 24.3 Å². The number of rotatable bonds is 6. The lowest BCUT2D eigenvalue weighted by molar-refractivity contribution is -0.123. The van der Waals surface area contributed by atoms with Gasteiger partial charge in [-0.15, -0.1) is 0 Å². The smallest absolute Gasteiger partial charge is 0.293 e. The maximum atomic E-state index is 12.9. The minimum absolute atomic E-state index is 0.184. The van der Waals surface area contributed by atoms with Crippen molar-refractivity contribution in [2.24, 2.45) is 0 Å². The Balaban J connectivity index is 1.51. The molecule has 34 heavy (non-hydrogen) atoms. The Kier molecular flexibility index (Phi) is 7.79. The van der Waals surface area contributed by atoms with Gasteiger partial charge in [-0.05, 0) is 91.2 Å². The van der Waals surface area contributed by atoms with E-state index in [0.29, 0.717) is 30.2 Å². The van der Waals surface area contributed by atoms with E-state index in [9.17, 15) is 14.9 Å². The summed E-state index contributed by atoms with van der Waals surface area (Å²) in [7, 11) is 0. The van der Waals surface area contributed by atoms with Crippen molar-refractivity contribution < 1.29 is 14.3 Å². The molecule has 5 nitrogen and oxygen atoms in total. The summed E-state index contributed by atoms with van der Waals surface area (Å²) in [5.74, 6) is 0.228. The number of benzene rings is 3. The van der Waals surface area contributed by atoms with Gasteiger partial charge in [-0.25, -0.2) is 0 Å². The first kappa shape index (κ1) is 24.6. The van der Waals surface area contributed by atoms with E-state index >= 15 is 0 Å². The van der Waals surface area contributed by atoms with Crippen molar-refractivity contribution in [3.63, 3.8) is 0 Å². The molecule has 1 heterocycles. The molecule has 1 fully saturated rings. The second-order valence-corrected chi connectivity index (χ2v) is 10.4. The van der Waals surface area contributed by atoms with Crippen molar-refractivity contribution in [3.05, 3.63) is 102 Å². The predicted molar refractivity (Wildman–Crippen MR) is 140 cm³/mol. The molecule has 1 aliphatic rings. The number of amides is 2. The topological polar surface area (TPSA) is 70.4 Å². The molecular weight excluding hydrogens is 604 g/mol. The highest BCUT2D eigenvalue weighted by Gasteiger charge is 2.35. The van der Waals surface area contributed by atoms with Gasteiger partial charge in [0.2, 0.25) is 0 Å². The van der Waals surface area contributed by atoms with Crippen molar-refractivity contribution in [1.82, 2.24) is 4.90 Å². The lowest BCUT2D eigenvalue weighted by Gasteiger charge is -2.13. The summed E-state index contributed by atoms with van der Waals surface area (Å²) in [6, 6.07) is 20.0. The lowest BCUT2D eigenvalue weighted by atomic mass is 10.1. The molecule has 3 aromatic carbocycles. The zero-order chi connectivity index (χ0) is 24.2. The summed E-state index contributed by atoms with van der Waals surface area (Å²) in [6.07, 6.45) is 1.68. The van der Waals surface area contributed by atoms with Gasteiger partial charge >= 0.3 is 0 Å². The molecule has 0 aromatic heterocycles. The van der Waals surface area contributed by atoms with Gasteiger partial charge in [-0.2, -0.15) is 5.26 Å². The van der Waals surface area contributed by atoms with Gasteiger partial charge < -0.3 is 4.74 Å². The lowest BCUT2D eigenvalue weighted by Crippen LogP contribution is -2.27. The molecule has 0 atom stereocenters. The molecule has 0 unspecified atom stereocenters. The number of halogens is 3. The molecule has 2 amide bonds. The molecule has 4 rings (SSSR count). The van der Waals surface area contributed by atoms with E-state index in [1.54, 1.807) is 42.5 Å². The first-order valence-corrected chi connectivity index (χ1v) is 12.7. The number of ether oxygens (including phenoxy) is 1. The molecule has 0 aliphatic carbocycles. The molecular formula is C25H15Br2ClN2O3S. The van der Waals surface area contributed by atoms with E-state index in [2.05, 4.69) is 37.9 Å². The highest BCUT2D eigenvalue weighted by atomic mass is 79.9. The van der Waals surface area contributed by atoms with Crippen LogP contribution in [0.2, 0.25) is 5.02 Å². The van der Waals surface area contributed by atoms with Gasteiger partial charge in [-0.3, -0.25) is 14.5 Å². The Hall–Kier alpha value is -2.57. The predicted octanol–water partition coefficient (Wildman–Crippen LogP) is 7.55. The normalized spacial score (nSPS) is 14.5. The number of nitriles is 1. The average molecular weight is 619 g/mol. The molecule has 0 radical (unpaired) electrons. The SMILES string of the molecule is N#Cc1ccccc1COc1c(Br)cc(/C=C2\SC(=O)N(Cc3ccc(Cl)cc3)C2=O)cc1Br. The zero-order valence-corrected chi connectivity index (χ0v) is 22.2. The summed E-state index contributed by atoms with van der Waals surface area (Å²) < 4.78 is 7.28. The van der Waals surface area contributed by atoms with Gasteiger partial charge in [0.25, 0.3) is 11.1 Å². The number of hydrogen-bond acceptors (Lipinski definition) is 5. The van der Waals surface area contributed by atoms with Crippen LogP contribution in [-0.2, 0) is 17.9 Å². The van der Waals surface area contributed by atoms with E-state index in [0.717, 1.165) is 28.5 Å². The fourth-order valence-corrected chi connectivity index (χ4v) is 5.68. The van der Waals surface area contributed by atoms with Gasteiger partial charge in [0.1, 0.15) is 12.4 Å². The molecule has 0 spiro atoms. The number of imide groups is 1. The fourth-order valence-electron chi connectivity index (χ4n) is 3.27. The van der Waals surface area contributed by atoms with Crippen molar-refractivity contribution >= 4 is 72.4 Å². The molecule has 9 heteroatoms. The van der Waals surface area contributed by atoms with Gasteiger partial charge in [0, 0.05) is 10.6 Å². The second kappa shape index (κ2) is 10.8. The van der Waals surface area contributed by atoms with Crippen LogP contribution in [0.5, 0.6) is 5.75 Å². The van der Waals surface area contributed by atoms with Gasteiger partial charge in [0.05, 0.1) is 32.0 Å². The van der Waals surface area contributed by atoms with Crippen LogP contribution >= 0.6 is 55.2 Å². The minimum atomic E-state index is -0.342. The van der Waals surface area contributed by atoms with Crippen LogP contribution in [-0.4, -0.2) is 16.0 Å². The molecule has 3 aromatic rings. The zero-order valence-electron chi connectivity index (χ0n) is 17.4. The number of carbonyl (C=O) groups excluding carboxylic acids is 2. The highest BCUT2D eigenvalue weighted by Crippen LogP contribution is 2.38. The van der Waals surface area contributed by atoms with E-state index in [4.69, 9.17) is 16.3 Å². The molecule has 0 N–H and O–H groups in total. The Bertz CT molecular complexity index is 1330. The summed E-state index contributed by atoms with van der Waals surface area (Å²) in [4.78, 5) is 26.9. The summed E-state index contributed by atoms with van der Waals surface area (Å²) in [6.45, 7) is 0.410. The standard InChI is InChI=1S/C25H15Br2ClN2O3S/c26-20-9-16(10-21(27)23(20)33-14-18-4-2-1-3-17(18)12-29)11-22-24(31)30(25(32)34-22)13-15-5-7-19(28)8-6-15/h1-11H,13-14H2/b22-11-. The van der Waals surface area contributed by atoms with Crippen LogP contribution in [0.25, 0.3) is 6.08 Å². The maximum Gasteiger partial charge on any atom is 0.293 e. The third-order valence-electron chi connectivity index (χ3n) is 4.96. The van der Waals surface area contributed by atoms with E-state index in [-0.39, 0.29) is 24.3 Å². The fraction of sp³-hybridized carbons (Fsp3) is 0.0800. The van der Waals surface area contributed by atoms with E-state index < -0.39 is 0 Å². The third-order valence-corrected chi connectivity index (χ3v) is 7.29. The second-order valence-electron chi connectivity index (χ2n) is 7.27. The first-order valence-electron chi connectivity index (χ1n) is 9.95. The average Bonchev–Trinajstić information content (AvgIpc) is 3.07. The van der Waals surface area contributed by atoms with Crippen molar-refractivity contribution in [1.29, 1.82) is 5.26 Å². The summed E-state index contributed by atoms with van der Waals surface area (Å²) >= 11 is 13.8. The van der Waals surface area contributed by atoms with Crippen LogP contribution in [0.4, 0.5) is 4.79 Å². The van der Waals surface area contributed by atoms with Gasteiger partial charge in [0.15, 0.2) is 0 Å². The summed E-state index contributed by atoms with van der Waals surface area (Å²) in [5.41, 5.74) is 2.88. The first-order chi connectivity index (χ1) is 16.4.